The van der Waals surface area contributed by atoms with E-state index < -0.39 is 6.10 Å². The Bertz CT molecular complexity index is 363. The molecule has 0 bridgehead atoms. The van der Waals surface area contributed by atoms with Gasteiger partial charge in [0.05, 0.1) is 12.7 Å². The van der Waals surface area contributed by atoms with Crippen molar-refractivity contribution in [1.29, 1.82) is 0 Å². The zero-order valence-corrected chi connectivity index (χ0v) is 11.0. The summed E-state index contributed by atoms with van der Waals surface area (Å²) >= 11 is 0. The van der Waals surface area contributed by atoms with E-state index in [4.69, 9.17) is 10.5 Å². The quantitative estimate of drug-likeness (QED) is 0.795. The Morgan fingerprint density at radius 1 is 1.29 bits per heavy atom. The van der Waals surface area contributed by atoms with Crippen LogP contribution in [0.15, 0.2) is 12.1 Å². The Balaban J connectivity index is 2.78. The molecule has 96 valence electrons. The smallest absolute Gasteiger partial charge is 0.122 e. The van der Waals surface area contributed by atoms with Gasteiger partial charge in [0.1, 0.15) is 5.75 Å². The normalized spacial score (nSPS) is 12.5. The van der Waals surface area contributed by atoms with Crippen LogP contribution in [0.2, 0.25) is 0 Å². The van der Waals surface area contributed by atoms with Crippen molar-refractivity contribution >= 4 is 0 Å². The van der Waals surface area contributed by atoms with Gasteiger partial charge in [0.2, 0.25) is 0 Å². The minimum atomic E-state index is -0.402. The highest BCUT2D eigenvalue weighted by Gasteiger charge is 2.08. The lowest BCUT2D eigenvalue weighted by atomic mass is 9.97. The predicted molar refractivity (Wildman–Crippen MR) is 70.5 cm³/mol. The molecule has 1 atom stereocenters. The molecule has 1 aromatic carbocycles. The third kappa shape index (κ3) is 3.72. The van der Waals surface area contributed by atoms with Crippen molar-refractivity contribution in [2.24, 2.45) is 5.73 Å². The molecule has 0 heterocycles. The van der Waals surface area contributed by atoms with E-state index in [9.17, 15) is 5.11 Å². The molecule has 17 heavy (non-hydrogen) atoms. The molecule has 0 aliphatic rings. The van der Waals surface area contributed by atoms with Crippen LogP contribution >= 0.6 is 0 Å². The lowest BCUT2D eigenvalue weighted by Gasteiger charge is -2.14. The molecule has 0 saturated carbocycles. The standard InChI is InChI=1S/C14H23NO2/c1-4-17-14-8-6-12(10(2)11(14)3)5-7-13(16)9-15/h6,8,13,16H,4-5,7,9,15H2,1-3H3. The van der Waals surface area contributed by atoms with Crippen LogP contribution in [0.4, 0.5) is 0 Å². The van der Waals surface area contributed by atoms with Gasteiger partial charge in [-0.3, -0.25) is 0 Å². The zero-order chi connectivity index (χ0) is 12.8. The number of ether oxygens (including phenoxy) is 1. The molecule has 0 aliphatic heterocycles. The Kier molecular flexibility index (Phi) is 5.45. The topological polar surface area (TPSA) is 55.5 Å². The number of hydrogen-bond donors (Lipinski definition) is 2. The van der Waals surface area contributed by atoms with Crippen molar-refractivity contribution in [2.45, 2.75) is 39.7 Å². The van der Waals surface area contributed by atoms with Crippen LogP contribution in [-0.2, 0) is 6.42 Å². The molecule has 1 aromatic rings. The number of aliphatic hydroxyl groups is 1. The fourth-order valence-corrected chi connectivity index (χ4v) is 1.87. The van der Waals surface area contributed by atoms with Crippen LogP contribution < -0.4 is 10.5 Å². The summed E-state index contributed by atoms with van der Waals surface area (Å²) in [5.74, 6) is 0.952. The molecular weight excluding hydrogens is 214 g/mol. The first-order valence-corrected chi connectivity index (χ1v) is 6.20. The summed E-state index contributed by atoms with van der Waals surface area (Å²) in [5, 5.41) is 9.47. The lowest BCUT2D eigenvalue weighted by Crippen LogP contribution is -2.20. The van der Waals surface area contributed by atoms with Crippen molar-refractivity contribution in [3.63, 3.8) is 0 Å². The van der Waals surface area contributed by atoms with Gasteiger partial charge >= 0.3 is 0 Å². The summed E-state index contributed by atoms with van der Waals surface area (Å²) < 4.78 is 5.55. The summed E-state index contributed by atoms with van der Waals surface area (Å²) in [5.41, 5.74) is 9.10. The maximum Gasteiger partial charge on any atom is 0.122 e. The van der Waals surface area contributed by atoms with Gasteiger partial charge in [-0.15, -0.1) is 0 Å². The van der Waals surface area contributed by atoms with Gasteiger partial charge < -0.3 is 15.6 Å². The molecule has 0 radical (unpaired) electrons. The fraction of sp³-hybridized carbons (Fsp3) is 0.571. The molecule has 1 rings (SSSR count). The molecule has 1 unspecified atom stereocenters. The van der Waals surface area contributed by atoms with Crippen LogP contribution in [0.3, 0.4) is 0 Å². The van der Waals surface area contributed by atoms with Gasteiger partial charge in [-0.05, 0) is 56.4 Å². The molecule has 3 nitrogen and oxygen atoms in total. The molecular formula is C14H23NO2. The van der Waals surface area contributed by atoms with Gasteiger partial charge in [-0.2, -0.15) is 0 Å². The molecule has 0 saturated heterocycles. The summed E-state index contributed by atoms with van der Waals surface area (Å²) in [6.07, 6.45) is 1.17. The Labute approximate surface area is 104 Å². The zero-order valence-electron chi connectivity index (χ0n) is 11.0. The molecule has 0 amide bonds. The highest BCUT2D eigenvalue weighted by Crippen LogP contribution is 2.25. The van der Waals surface area contributed by atoms with Gasteiger partial charge in [0.25, 0.3) is 0 Å². The predicted octanol–water partition coefficient (Wildman–Crippen LogP) is 1.95. The minimum absolute atomic E-state index is 0.328. The molecule has 3 heteroatoms. The molecule has 0 aliphatic carbocycles. The average molecular weight is 237 g/mol. The van der Waals surface area contributed by atoms with Gasteiger partial charge in [-0.1, -0.05) is 6.07 Å². The first kappa shape index (κ1) is 14.0. The largest absolute Gasteiger partial charge is 0.494 e. The van der Waals surface area contributed by atoms with E-state index in [0.29, 0.717) is 19.6 Å². The number of aliphatic hydroxyl groups excluding tert-OH is 1. The third-order valence-corrected chi connectivity index (χ3v) is 3.17. The first-order valence-electron chi connectivity index (χ1n) is 6.20. The molecule has 0 fully saturated rings. The lowest BCUT2D eigenvalue weighted by molar-refractivity contribution is 0.173. The Morgan fingerprint density at radius 3 is 2.59 bits per heavy atom. The van der Waals surface area contributed by atoms with Gasteiger partial charge in [0, 0.05) is 6.54 Å². The SMILES string of the molecule is CCOc1ccc(CCC(O)CN)c(C)c1C. The van der Waals surface area contributed by atoms with Crippen LogP contribution in [0.5, 0.6) is 5.75 Å². The van der Waals surface area contributed by atoms with Crippen LogP contribution in [0.1, 0.15) is 30.0 Å². The van der Waals surface area contributed by atoms with Crippen molar-refractivity contribution in [1.82, 2.24) is 0 Å². The summed E-state index contributed by atoms with van der Waals surface area (Å²) in [6, 6.07) is 4.09. The number of aryl methyl sites for hydroxylation is 1. The average Bonchev–Trinajstić information content (AvgIpc) is 2.34. The number of rotatable bonds is 6. The van der Waals surface area contributed by atoms with Crippen molar-refractivity contribution in [3.8, 4) is 5.75 Å². The molecule has 3 N–H and O–H groups in total. The van der Waals surface area contributed by atoms with E-state index in [0.717, 1.165) is 12.2 Å². The van der Waals surface area contributed by atoms with E-state index in [1.165, 1.54) is 16.7 Å². The van der Waals surface area contributed by atoms with Gasteiger partial charge in [0.15, 0.2) is 0 Å². The monoisotopic (exact) mass is 237 g/mol. The van der Waals surface area contributed by atoms with Crippen LogP contribution in [0, 0.1) is 13.8 Å². The molecule has 0 spiro atoms. The highest BCUT2D eigenvalue weighted by molar-refractivity contribution is 5.43. The van der Waals surface area contributed by atoms with E-state index in [2.05, 4.69) is 19.9 Å². The van der Waals surface area contributed by atoms with E-state index in [1.807, 2.05) is 13.0 Å². The van der Waals surface area contributed by atoms with Crippen molar-refractivity contribution < 1.29 is 9.84 Å². The van der Waals surface area contributed by atoms with E-state index >= 15 is 0 Å². The second-order valence-electron chi connectivity index (χ2n) is 4.33. The third-order valence-electron chi connectivity index (χ3n) is 3.17. The minimum Gasteiger partial charge on any atom is -0.494 e. The van der Waals surface area contributed by atoms with Crippen LogP contribution in [-0.4, -0.2) is 24.4 Å². The first-order chi connectivity index (χ1) is 8.10. The summed E-state index contributed by atoms with van der Waals surface area (Å²) in [6.45, 7) is 7.17. The van der Waals surface area contributed by atoms with Crippen LogP contribution in [0.25, 0.3) is 0 Å². The Morgan fingerprint density at radius 2 is 2.00 bits per heavy atom. The maximum absolute atomic E-state index is 9.47. The number of benzene rings is 1. The second-order valence-corrected chi connectivity index (χ2v) is 4.33. The number of nitrogens with two attached hydrogens (primary N) is 1. The fourth-order valence-electron chi connectivity index (χ4n) is 1.87. The molecule has 0 aromatic heterocycles. The second kappa shape index (κ2) is 6.62. The maximum atomic E-state index is 9.47. The summed E-state index contributed by atoms with van der Waals surface area (Å²) in [7, 11) is 0. The van der Waals surface area contributed by atoms with Gasteiger partial charge in [-0.25, -0.2) is 0 Å². The summed E-state index contributed by atoms with van der Waals surface area (Å²) in [4.78, 5) is 0. The van der Waals surface area contributed by atoms with E-state index in [1.54, 1.807) is 0 Å². The Hall–Kier alpha value is -1.06. The highest BCUT2D eigenvalue weighted by atomic mass is 16.5. The van der Waals surface area contributed by atoms with E-state index in [-0.39, 0.29) is 0 Å². The number of hydrogen-bond acceptors (Lipinski definition) is 3. The van der Waals surface area contributed by atoms with Crippen molar-refractivity contribution in [2.75, 3.05) is 13.2 Å². The van der Waals surface area contributed by atoms with Crippen molar-refractivity contribution in [3.05, 3.63) is 28.8 Å².